The molecule has 4 aromatic rings. The van der Waals surface area contributed by atoms with Gasteiger partial charge < -0.3 is 24.8 Å². The number of carboxylic acids is 1. The summed E-state index contributed by atoms with van der Waals surface area (Å²) in [6, 6.07) is 22.0. The van der Waals surface area contributed by atoms with Crippen LogP contribution in [-0.4, -0.2) is 26.3 Å². The summed E-state index contributed by atoms with van der Waals surface area (Å²) < 4.78 is 6.22. The standard InChI is InChI=1S/C25H19N3O4S/c29-19-11-4-3-10-18(19)28-23(22(27-25(28)33)17-9-5-6-14-26-17)21-13-12-20(32-21)15-7-1-2-8-16(15)24(30)31/h1-14,22-23,29H,(H,27,33)(H,30,31)/t22-,23+/m0/s1. The first-order valence-electron chi connectivity index (χ1n) is 10.3. The largest absolute Gasteiger partial charge is 0.506 e. The summed E-state index contributed by atoms with van der Waals surface area (Å²) in [6.45, 7) is 0. The summed E-state index contributed by atoms with van der Waals surface area (Å²) >= 11 is 5.65. The summed E-state index contributed by atoms with van der Waals surface area (Å²) in [5.74, 6) is 0.0278. The van der Waals surface area contributed by atoms with Crippen LogP contribution in [0.4, 0.5) is 5.69 Å². The van der Waals surface area contributed by atoms with Crippen molar-refractivity contribution in [2.75, 3.05) is 4.90 Å². The average Bonchev–Trinajstić information content (AvgIpc) is 3.44. The van der Waals surface area contributed by atoms with E-state index in [2.05, 4.69) is 10.3 Å². The highest BCUT2D eigenvalue weighted by Crippen LogP contribution is 2.45. The lowest BCUT2D eigenvalue weighted by Gasteiger charge is -2.26. The Labute approximate surface area is 194 Å². The molecule has 3 N–H and O–H groups in total. The fraction of sp³-hybridized carbons (Fsp3) is 0.0800. The van der Waals surface area contributed by atoms with E-state index >= 15 is 0 Å². The molecule has 0 aliphatic carbocycles. The van der Waals surface area contributed by atoms with E-state index < -0.39 is 12.0 Å². The number of aromatic carboxylic acids is 1. The van der Waals surface area contributed by atoms with E-state index in [0.29, 0.717) is 27.9 Å². The molecule has 1 fully saturated rings. The maximum absolute atomic E-state index is 11.7. The Bertz CT molecular complexity index is 1340. The first kappa shape index (κ1) is 20.7. The van der Waals surface area contributed by atoms with E-state index in [1.54, 1.807) is 59.6 Å². The SMILES string of the molecule is O=C(O)c1ccccc1-c1ccc([C@@H]2[C@H](c3ccccn3)NC(=S)N2c2ccccc2O)o1. The molecule has 2 aromatic heterocycles. The van der Waals surface area contributed by atoms with Gasteiger partial charge in [-0.2, -0.15) is 0 Å². The molecule has 1 aliphatic rings. The van der Waals surface area contributed by atoms with Gasteiger partial charge in [0.15, 0.2) is 5.11 Å². The number of rotatable bonds is 5. The van der Waals surface area contributed by atoms with E-state index in [9.17, 15) is 15.0 Å². The van der Waals surface area contributed by atoms with Gasteiger partial charge in [-0.3, -0.25) is 4.98 Å². The maximum Gasteiger partial charge on any atom is 0.336 e. The van der Waals surface area contributed by atoms with Crippen LogP contribution in [0.25, 0.3) is 11.3 Å². The Hall–Kier alpha value is -4.17. The first-order chi connectivity index (χ1) is 16.0. The van der Waals surface area contributed by atoms with Crippen molar-refractivity contribution >= 4 is 29.0 Å². The molecule has 0 amide bonds. The summed E-state index contributed by atoms with van der Waals surface area (Å²) in [5, 5.41) is 23.8. The number of nitrogens with zero attached hydrogens (tertiary/aromatic N) is 2. The van der Waals surface area contributed by atoms with E-state index in [1.807, 2.05) is 24.3 Å². The lowest BCUT2D eigenvalue weighted by molar-refractivity contribution is 0.0697. The van der Waals surface area contributed by atoms with Crippen LogP contribution < -0.4 is 10.2 Å². The molecule has 5 rings (SSSR count). The number of aromatic nitrogens is 1. The minimum atomic E-state index is -1.03. The monoisotopic (exact) mass is 457 g/mol. The lowest BCUT2D eigenvalue weighted by atomic mass is 10.0. The summed E-state index contributed by atoms with van der Waals surface area (Å²) in [5.41, 5.74) is 1.92. The predicted octanol–water partition coefficient (Wildman–Crippen LogP) is 4.92. The fourth-order valence-electron chi connectivity index (χ4n) is 4.11. The number of phenols is 1. The molecule has 33 heavy (non-hydrogen) atoms. The number of nitrogens with one attached hydrogen (secondary N) is 1. The van der Waals surface area contributed by atoms with Gasteiger partial charge in [0.25, 0.3) is 0 Å². The summed E-state index contributed by atoms with van der Waals surface area (Å²) in [4.78, 5) is 18.0. The number of carboxylic acid groups (broad SMARTS) is 1. The molecule has 0 saturated carbocycles. The van der Waals surface area contributed by atoms with Gasteiger partial charge in [-0.1, -0.05) is 36.4 Å². The molecular weight excluding hydrogens is 438 g/mol. The van der Waals surface area contributed by atoms with Gasteiger partial charge in [-0.25, -0.2) is 4.79 Å². The summed E-state index contributed by atoms with van der Waals surface area (Å²) in [7, 11) is 0. The van der Waals surface area contributed by atoms with Crippen molar-refractivity contribution in [3.63, 3.8) is 0 Å². The number of hydrogen-bond donors (Lipinski definition) is 3. The van der Waals surface area contributed by atoms with E-state index in [4.69, 9.17) is 16.6 Å². The molecule has 3 heterocycles. The van der Waals surface area contributed by atoms with Gasteiger partial charge in [0.2, 0.25) is 0 Å². The zero-order valence-corrected chi connectivity index (χ0v) is 18.1. The third-order valence-electron chi connectivity index (χ3n) is 5.58. The van der Waals surface area contributed by atoms with Crippen molar-refractivity contribution in [3.8, 4) is 17.1 Å². The first-order valence-corrected chi connectivity index (χ1v) is 10.7. The molecule has 2 aromatic carbocycles. The lowest BCUT2D eigenvalue weighted by Crippen LogP contribution is -2.29. The minimum Gasteiger partial charge on any atom is -0.506 e. The minimum absolute atomic E-state index is 0.0799. The van der Waals surface area contributed by atoms with Gasteiger partial charge in [-0.15, -0.1) is 0 Å². The fourth-order valence-corrected chi connectivity index (χ4v) is 4.45. The summed E-state index contributed by atoms with van der Waals surface area (Å²) in [6.07, 6.45) is 1.70. The molecular formula is C25H19N3O4S. The average molecular weight is 458 g/mol. The van der Waals surface area contributed by atoms with Crippen LogP contribution in [0.2, 0.25) is 0 Å². The third kappa shape index (κ3) is 3.70. The van der Waals surface area contributed by atoms with Crippen molar-refractivity contribution in [1.82, 2.24) is 10.3 Å². The van der Waals surface area contributed by atoms with E-state index in [0.717, 1.165) is 5.69 Å². The number of para-hydroxylation sites is 2. The zero-order valence-electron chi connectivity index (χ0n) is 17.3. The number of hydrogen-bond acceptors (Lipinski definition) is 5. The molecule has 1 saturated heterocycles. The number of anilines is 1. The molecule has 164 valence electrons. The third-order valence-corrected chi connectivity index (χ3v) is 5.90. The van der Waals surface area contributed by atoms with E-state index in [1.165, 1.54) is 6.07 Å². The smallest absolute Gasteiger partial charge is 0.336 e. The second kappa shape index (κ2) is 8.40. The van der Waals surface area contributed by atoms with Crippen LogP contribution in [0.15, 0.2) is 89.5 Å². The predicted molar refractivity (Wildman–Crippen MR) is 127 cm³/mol. The second-order valence-electron chi connectivity index (χ2n) is 7.54. The molecule has 8 heteroatoms. The van der Waals surface area contributed by atoms with E-state index in [-0.39, 0.29) is 17.4 Å². The topological polar surface area (TPSA) is 98.8 Å². The molecule has 0 unspecified atom stereocenters. The highest BCUT2D eigenvalue weighted by atomic mass is 32.1. The van der Waals surface area contributed by atoms with Crippen molar-refractivity contribution in [1.29, 1.82) is 0 Å². The molecule has 0 spiro atoms. The number of thiocarbonyl (C=S) groups is 1. The Kier molecular flexibility index (Phi) is 5.27. The number of carbonyl (C=O) groups is 1. The van der Waals surface area contributed by atoms with Crippen LogP contribution in [0.3, 0.4) is 0 Å². The van der Waals surface area contributed by atoms with Crippen LogP contribution in [0.5, 0.6) is 5.75 Å². The normalized spacial score (nSPS) is 17.7. The quantitative estimate of drug-likeness (QED) is 0.363. The molecule has 7 nitrogen and oxygen atoms in total. The number of benzene rings is 2. The van der Waals surface area contributed by atoms with Crippen LogP contribution in [-0.2, 0) is 0 Å². The highest BCUT2D eigenvalue weighted by Gasteiger charge is 2.43. The zero-order chi connectivity index (χ0) is 22.9. The van der Waals surface area contributed by atoms with Crippen LogP contribution in [0.1, 0.15) is 33.9 Å². The Morgan fingerprint density at radius 1 is 1.00 bits per heavy atom. The highest BCUT2D eigenvalue weighted by molar-refractivity contribution is 7.80. The Morgan fingerprint density at radius 2 is 1.76 bits per heavy atom. The van der Waals surface area contributed by atoms with Crippen LogP contribution in [0, 0.1) is 0 Å². The van der Waals surface area contributed by atoms with Crippen molar-refractivity contribution in [2.45, 2.75) is 12.1 Å². The van der Waals surface area contributed by atoms with Gasteiger partial charge in [0.05, 0.1) is 23.0 Å². The van der Waals surface area contributed by atoms with Crippen molar-refractivity contribution in [3.05, 3.63) is 102 Å². The molecule has 1 aliphatic heterocycles. The second-order valence-corrected chi connectivity index (χ2v) is 7.92. The molecule has 2 atom stereocenters. The van der Waals surface area contributed by atoms with Gasteiger partial charge >= 0.3 is 5.97 Å². The number of furan rings is 1. The van der Waals surface area contributed by atoms with Gasteiger partial charge in [0.1, 0.15) is 23.3 Å². The van der Waals surface area contributed by atoms with Gasteiger partial charge in [0, 0.05) is 11.8 Å². The Balaban J connectivity index is 1.63. The molecule has 0 bridgehead atoms. The van der Waals surface area contributed by atoms with Crippen molar-refractivity contribution in [2.24, 2.45) is 0 Å². The van der Waals surface area contributed by atoms with Crippen molar-refractivity contribution < 1.29 is 19.4 Å². The number of pyridine rings is 1. The van der Waals surface area contributed by atoms with Gasteiger partial charge in [-0.05, 0) is 54.7 Å². The Morgan fingerprint density at radius 3 is 2.52 bits per heavy atom. The molecule has 0 radical (unpaired) electrons. The van der Waals surface area contributed by atoms with Crippen LogP contribution >= 0.6 is 12.2 Å². The number of aromatic hydroxyl groups is 1. The maximum atomic E-state index is 11.7. The number of phenolic OH excluding ortho intramolecular Hbond substituents is 1.